The van der Waals surface area contributed by atoms with Crippen molar-refractivity contribution in [2.24, 2.45) is 0 Å². The van der Waals surface area contributed by atoms with Gasteiger partial charge < -0.3 is 14.2 Å². The largest absolute Gasteiger partial charge is 0.462 e. The van der Waals surface area contributed by atoms with Gasteiger partial charge >= 0.3 is 17.9 Å². The summed E-state index contributed by atoms with van der Waals surface area (Å²) >= 11 is 0. The van der Waals surface area contributed by atoms with Crippen LogP contribution >= 0.6 is 0 Å². The lowest BCUT2D eigenvalue weighted by Gasteiger charge is -2.18. The second-order valence-electron chi connectivity index (χ2n) is 16.0. The zero-order valence-corrected chi connectivity index (χ0v) is 35.8. The minimum atomic E-state index is -0.757. The monoisotopic (exact) mass is 751 g/mol. The van der Waals surface area contributed by atoms with Crippen molar-refractivity contribution in [2.45, 2.75) is 271 Å². The summed E-state index contributed by atoms with van der Waals surface area (Å²) < 4.78 is 16.7. The van der Waals surface area contributed by atoms with Crippen LogP contribution in [-0.2, 0) is 28.6 Å². The molecule has 0 fully saturated rings. The number of ether oxygens (including phenoxy) is 3. The molecular formula is C47H90O6. The van der Waals surface area contributed by atoms with E-state index in [-0.39, 0.29) is 31.1 Å². The Bertz CT molecular complexity index is 783. The Labute approximate surface area is 329 Å². The fourth-order valence-electron chi connectivity index (χ4n) is 7.03. The summed E-state index contributed by atoms with van der Waals surface area (Å²) in [5.41, 5.74) is 0. The molecule has 53 heavy (non-hydrogen) atoms. The highest BCUT2D eigenvalue weighted by molar-refractivity contribution is 5.71. The van der Waals surface area contributed by atoms with Crippen molar-refractivity contribution in [1.82, 2.24) is 0 Å². The van der Waals surface area contributed by atoms with Gasteiger partial charge in [-0.1, -0.05) is 226 Å². The Morgan fingerprint density at radius 3 is 0.755 bits per heavy atom. The fraction of sp³-hybridized carbons (Fsp3) is 0.936. The van der Waals surface area contributed by atoms with Crippen LogP contribution in [0.3, 0.4) is 0 Å². The molecule has 6 nitrogen and oxygen atoms in total. The third kappa shape index (κ3) is 41.4. The highest BCUT2D eigenvalue weighted by atomic mass is 16.6. The normalized spacial score (nSPS) is 11.8. The Balaban J connectivity index is 4.27. The van der Waals surface area contributed by atoms with Crippen molar-refractivity contribution in [3.05, 3.63) is 0 Å². The Hall–Kier alpha value is -1.59. The molecule has 0 aliphatic rings. The van der Waals surface area contributed by atoms with Crippen LogP contribution in [0, 0.1) is 0 Å². The maximum absolute atomic E-state index is 12.7. The molecule has 0 aromatic rings. The molecular weight excluding hydrogens is 661 g/mol. The van der Waals surface area contributed by atoms with Gasteiger partial charge in [-0.2, -0.15) is 0 Å². The van der Waals surface area contributed by atoms with Gasteiger partial charge in [0.15, 0.2) is 6.10 Å². The van der Waals surface area contributed by atoms with Crippen molar-refractivity contribution in [3.63, 3.8) is 0 Å². The zero-order chi connectivity index (χ0) is 38.7. The van der Waals surface area contributed by atoms with Crippen LogP contribution in [0.25, 0.3) is 0 Å². The average Bonchev–Trinajstić information content (AvgIpc) is 3.15. The van der Waals surface area contributed by atoms with Gasteiger partial charge in [-0.25, -0.2) is 0 Å². The van der Waals surface area contributed by atoms with E-state index in [1.54, 1.807) is 0 Å². The van der Waals surface area contributed by atoms with Gasteiger partial charge in [-0.3, -0.25) is 14.4 Å². The van der Waals surface area contributed by atoms with Crippen LogP contribution in [0.5, 0.6) is 0 Å². The van der Waals surface area contributed by atoms with E-state index in [2.05, 4.69) is 20.8 Å². The summed E-state index contributed by atoms with van der Waals surface area (Å²) in [7, 11) is 0. The smallest absolute Gasteiger partial charge is 0.306 e. The molecule has 1 atom stereocenters. The van der Waals surface area contributed by atoms with Gasteiger partial charge in [0.25, 0.3) is 0 Å². The van der Waals surface area contributed by atoms with Crippen molar-refractivity contribution in [2.75, 3.05) is 13.2 Å². The molecule has 0 rings (SSSR count). The summed E-state index contributed by atoms with van der Waals surface area (Å²) in [5, 5.41) is 0. The topological polar surface area (TPSA) is 78.9 Å². The van der Waals surface area contributed by atoms with E-state index >= 15 is 0 Å². The molecule has 6 heteroatoms. The lowest BCUT2D eigenvalue weighted by molar-refractivity contribution is -0.167. The molecule has 0 aromatic heterocycles. The van der Waals surface area contributed by atoms with Crippen molar-refractivity contribution in [1.29, 1.82) is 0 Å². The molecule has 0 N–H and O–H groups in total. The van der Waals surface area contributed by atoms with Crippen LogP contribution in [0.4, 0.5) is 0 Å². The molecule has 0 saturated heterocycles. The van der Waals surface area contributed by atoms with E-state index < -0.39 is 6.10 Å². The van der Waals surface area contributed by atoms with Gasteiger partial charge in [0, 0.05) is 19.3 Å². The molecule has 0 saturated carbocycles. The minimum Gasteiger partial charge on any atom is -0.462 e. The number of hydrogen-bond donors (Lipinski definition) is 0. The van der Waals surface area contributed by atoms with Gasteiger partial charge in [-0.15, -0.1) is 0 Å². The van der Waals surface area contributed by atoms with Gasteiger partial charge in [-0.05, 0) is 19.3 Å². The van der Waals surface area contributed by atoms with Crippen molar-refractivity contribution < 1.29 is 28.6 Å². The SMILES string of the molecule is CCCCCCCCCCCCCCCCCC(=O)OC[C@H](COC(=O)CCCCCCCCCCC)OC(=O)CCCCCCCCCCCCC. The molecule has 0 aliphatic carbocycles. The lowest BCUT2D eigenvalue weighted by atomic mass is 10.0. The van der Waals surface area contributed by atoms with Gasteiger partial charge in [0.1, 0.15) is 13.2 Å². The number of hydrogen-bond acceptors (Lipinski definition) is 6. The average molecular weight is 751 g/mol. The summed E-state index contributed by atoms with van der Waals surface area (Å²) in [6, 6.07) is 0. The molecule has 0 heterocycles. The number of carbonyl (C=O) groups excluding carboxylic acids is 3. The number of carbonyl (C=O) groups is 3. The predicted octanol–water partition coefficient (Wildman–Crippen LogP) is 14.9. The van der Waals surface area contributed by atoms with E-state index in [4.69, 9.17) is 14.2 Å². The van der Waals surface area contributed by atoms with Gasteiger partial charge in [0.05, 0.1) is 0 Å². The predicted molar refractivity (Wildman–Crippen MR) is 224 cm³/mol. The molecule has 0 amide bonds. The molecule has 0 aromatic carbocycles. The maximum Gasteiger partial charge on any atom is 0.306 e. The third-order valence-corrected chi connectivity index (χ3v) is 10.6. The van der Waals surface area contributed by atoms with Crippen LogP contribution < -0.4 is 0 Å². The highest BCUT2D eigenvalue weighted by Gasteiger charge is 2.19. The standard InChI is InChI=1S/C47H90O6/c1-4-7-10-13-16-19-21-22-23-24-26-28-31-34-37-40-46(49)52-43-44(42-51-45(48)39-36-33-30-27-18-15-12-9-6-3)53-47(50)41-38-35-32-29-25-20-17-14-11-8-5-2/h44H,4-43H2,1-3H3/t44-/m0/s1. The van der Waals surface area contributed by atoms with Gasteiger partial charge in [0.2, 0.25) is 0 Å². The van der Waals surface area contributed by atoms with Crippen LogP contribution in [0.15, 0.2) is 0 Å². The third-order valence-electron chi connectivity index (χ3n) is 10.6. The van der Waals surface area contributed by atoms with E-state index in [9.17, 15) is 14.4 Å². The Kier molecular flexibility index (Phi) is 41.8. The van der Waals surface area contributed by atoms with E-state index in [0.29, 0.717) is 19.3 Å². The second kappa shape index (κ2) is 43.1. The highest BCUT2D eigenvalue weighted by Crippen LogP contribution is 2.16. The first-order valence-electron chi connectivity index (χ1n) is 23.5. The first kappa shape index (κ1) is 51.4. The van der Waals surface area contributed by atoms with Crippen LogP contribution in [0.1, 0.15) is 265 Å². The second-order valence-corrected chi connectivity index (χ2v) is 16.0. The van der Waals surface area contributed by atoms with Crippen molar-refractivity contribution >= 4 is 17.9 Å². The Morgan fingerprint density at radius 1 is 0.302 bits per heavy atom. The molecule has 0 aliphatic heterocycles. The number of esters is 3. The van der Waals surface area contributed by atoms with E-state index in [1.807, 2.05) is 0 Å². The first-order chi connectivity index (χ1) is 26.0. The first-order valence-corrected chi connectivity index (χ1v) is 23.5. The minimum absolute atomic E-state index is 0.0626. The molecule has 314 valence electrons. The molecule has 0 unspecified atom stereocenters. The number of unbranched alkanes of at least 4 members (excludes halogenated alkanes) is 32. The summed E-state index contributed by atoms with van der Waals surface area (Å²) in [6.45, 7) is 6.64. The Morgan fingerprint density at radius 2 is 0.509 bits per heavy atom. The zero-order valence-electron chi connectivity index (χ0n) is 35.8. The molecule has 0 radical (unpaired) electrons. The summed E-state index contributed by atoms with van der Waals surface area (Å²) in [4.78, 5) is 37.7. The maximum atomic E-state index is 12.7. The summed E-state index contributed by atoms with van der Waals surface area (Å²) in [6.07, 6.45) is 43.7. The number of rotatable bonds is 43. The lowest BCUT2D eigenvalue weighted by Crippen LogP contribution is -2.30. The fourth-order valence-corrected chi connectivity index (χ4v) is 7.03. The summed E-state index contributed by atoms with van der Waals surface area (Å²) in [5.74, 6) is -0.852. The van der Waals surface area contributed by atoms with Crippen LogP contribution in [-0.4, -0.2) is 37.2 Å². The van der Waals surface area contributed by atoms with Crippen LogP contribution in [0.2, 0.25) is 0 Å². The molecule has 0 spiro atoms. The van der Waals surface area contributed by atoms with Crippen molar-refractivity contribution in [3.8, 4) is 0 Å². The molecule has 0 bridgehead atoms. The van der Waals surface area contributed by atoms with E-state index in [1.165, 1.54) is 167 Å². The quantitative estimate of drug-likeness (QED) is 0.0351. The van der Waals surface area contributed by atoms with E-state index in [0.717, 1.165) is 57.8 Å².